The Morgan fingerprint density at radius 2 is 2.09 bits per heavy atom. The van der Waals surface area contributed by atoms with Crippen LogP contribution in [0.15, 0.2) is 0 Å². The lowest BCUT2D eigenvalue weighted by atomic mass is 9.91. The summed E-state index contributed by atoms with van der Waals surface area (Å²) in [5.41, 5.74) is 0. The smallest absolute Gasteiger partial charge is 0.0464 e. The zero-order chi connectivity index (χ0) is 8.69. The summed E-state index contributed by atoms with van der Waals surface area (Å²) in [7, 11) is 1.77. The molecule has 0 N–H and O–H groups in total. The van der Waals surface area contributed by atoms with E-state index >= 15 is 0 Å². The number of alkyl halides is 1. The fourth-order valence-corrected chi connectivity index (χ4v) is 2.30. The van der Waals surface area contributed by atoms with E-state index < -0.39 is 0 Å². The van der Waals surface area contributed by atoms with Gasteiger partial charge in [0.15, 0.2) is 0 Å². The van der Waals surface area contributed by atoms with Gasteiger partial charge in [0.1, 0.15) is 0 Å². The van der Waals surface area contributed by atoms with Gasteiger partial charge in [-0.05, 0) is 18.3 Å². The van der Waals surface area contributed by atoms with Crippen LogP contribution in [0.4, 0.5) is 0 Å². The van der Waals surface area contributed by atoms with Crippen molar-refractivity contribution in [2.24, 2.45) is 11.8 Å². The van der Waals surface area contributed by atoms with E-state index in [-0.39, 0.29) is 0 Å². The van der Waals surface area contributed by atoms with Crippen LogP contribution in [0.3, 0.4) is 0 Å². The summed E-state index contributed by atoms with van der Waals surface area (Å²) < 4.78 is 5.04. The Hall–Kier alpha value is 0.440. The zero-order valence-corrected chi connectivity index (χ0v) is 9.36. The highest BCUT2D eigenvalue weighted by molar-refractivity contribution is 9.09. The molecule has 0 spiro atoms. The monoisotopic (exact) mass is 222 g/mol. The summed E-state index contributed by atoms with van der Waals surface area (Å²) in [6.45, 7) is 5.44. The first-order chi connectivity index (χ1) is 5.26. The van der Waals surface area contributed by atoms with Gasteiger partial charge in [-0.2, -0.15) is 0 Å². The van der Waals surface area contributed by atoms with Gasteiger partial charge in [0.25, 0.3) is 0 Å². The maximum absolute atomic E-state index is 5.04. The van der Waals surface area contributed by atoms with Crippen molar-refractivity contribution < 1.29 is 4.74 Å². The molecule has 0 fully saturated rings. The predicted octanol–water partition coefficient (Wildman–Crippen LogP) is 3.08. The highest BCUT2D eigenvalue weighted by atomic mass is 79.9. The Labute approximate surface area is 78.6 Å². The molecule has 0 aromatic rings. The van der Waals surface area contributed by atoms with Crippen LogP contribution in [0, 0.1) is 11.8 Å². The average molecular weight is 223 g/mol. The van der Waals surface area contributed by atoms with Gasteiger partial charge in [0.05, 0.1) is 0 Å². The van der Waals surface area contributed by atoms with E-state index in [1.807, 2.05) is 0 Å². The molecule has 0 radical (unpaired) electrons. The maximum Gasteiger partial charge on any atom is 0.0464 e. The molecule has 2 unspecified atom stereocenters. The van der Waals surface area contributed by atoms with Gasteiger partial charge in [0.2, 0.25) is 0 Å². The van der Waals surface area contributed by atoms with Crippen molar-refractivity contribution in [3.8, 4) is 0 Å². The highest BCUT2D eigenvalue weighted by Crippen LogP contribution is 2.20. The van der Waals surface area contributed by atoms with E-state index in [0.29, 0.717) is 0 Å². The first-order valence-electron chi connectivity index (χ1n) is 4.31. The second-order valence-corrected chi connectivity index (χ2v) is 3.73. The summed E-state index contributed by atoms with van der Waals surface area (Å²) in [6, 6.07) is 0. The molecule has 0 aromatic carbocycles. The molecule has 0 aliphatic heterocycles. The Morgan fingerprint density at radius 1 is 1.45 bits per heavy atom. The van der Waals surface area contributed by atoms with Crippen molar-refractivity contribution in [2.45, 2.75) is 26.7 Å². The maximum atomic E-state index is 5.04. The van der Waals surface area contributed by atoms with Crippen LogP contribution in [-0.4, -0.2) is 19.0 Å². The highest BCUT2D eigenvalue weighted by Gasteiger charge is 2.12. The number of halogens is 1. The summed E-state index contributed by atoms with van der Waals surface area (Å²) in [5.74, 6) is 1.59. The van der Waals surface area contributed by atoms with Crippen molar-refractivity contribution in [2.75, 3.05) is 19.0 Å². The minimum Gasteiger partial charge on any atom is -0.385 e. The van der Waals surface area contributed by atoms with Crippen molar-refractivity contribution in [1.82, 2.24) is 0 Å². The van der Waals surface area contributed by atoms with E-state index in [9.17, 15) is 0 Å². The lowest BCUT2D eigenvalue weighted by Gasteiger charge is -2.19. The van der Waals surface area contributed by atoms with E-state index in [0.717, 1.165) is 23.8 Å². The van der Waals surface area contributed by atoms with Crippen molar-refractivity contribution in [1.29, 1.82) is 0 Å². The first kappa shape index (κ1) is 11.4. The van der Waals surface area contributed by atoms with Crippen LogP contribution in [0.25, 0.3) is 0 Å². The molecule has 0 amide bonds. The SMILES string of the molecule is CCC(CBr)C(C)CCOC. The second kappa shape index (κ2) is 7.11. The van der Waals surface area contributed by atoms with Crippen LogP contribution < -0.4 is 0 Å². The summed E-state index contributed by atoms with van der Waals surface area (Å²) in [4.78, 5) is 0. The lowest BCUT2D eigenvalue weighted by molar-refractivity contribution is 0.168. The van der Waals surface area contributed by atoms with E-state index in [2.05, 4.69) is 29.8 Å². The fourth-order valence-electron chi connectivity index (χ4n) is 1.20. The molecule has 2 heteroatoms. The number of ether oxygens (including phenoxy) is 1. The Balaban J connectivity index is 3.51. The van der Waals surface area contributed by atoms with Crippen molar-refractivity contribution >= 4 is 15.9 Å². The molecule has 0 saturated heterocycles. The van der Waals surface area contributed by atoms with Crippen LogP contribution in [-0.2, 0) is 4.74 Å². The molecule has 0 aliphatic rings. The minimum atomic E-state index is 0.777. The molecule has 0 aromatic heterocycles. The lowest BCUT2D eigenvalue weighted by Crippen LogP contribution is -2.14. The number of methoxy groups -OCH3 is 1. The average Bonchev–Trinajstić information content (AvgIpc) is 2.03. The van der Waals surface area contributed by atoms with E-state index in [4.69, 9.17) is 4.74 Å². The van der Waals surface area contributed by atoms with Crippen LogP contribution in [0.1, 0.15) is 26.7 Å². The Morgan fingerprint density at radius 3 is 2.45 bits per heavy atom. The molecule has 0 aliphatic carbocycles. The molecular weight excluding hydrogens is 204 g/mol. The van der Waals surface area contributed by atoms with Gasteiger partial charge in [-0.1, -0.05) is 36.2 Å². The Bertz CT molecular complexity index is 81.6. The van der Waals surface area contributed by atoms with Crippen LogP contribution in [0.5, 0.6) is 0 Å². The minimum absolute atomic E-state index is 0.777. The van der Waals surface area contributed by atoms with Gasteiger partial charge in [-0.3, -0.25) is 0 Å². The van der Waals surface area contributed by atoms with Gasteiger partial charge in [0, 0.05) is 19.0 Å². The number of hydrogen-bond donors (Lipinski definition) is 0. The third kappa shape index (κ3) is 4.81. The summed E-state index contributed by atoms with van der Waals surface area (Å²) >= 11 is 3.53. The van der Waals surface area contributed by atoms with Gasteiger partial charge in [-0.25, -0.2) is 0 Å². The third-order valence-electron chi connectivity index (χ3n) is 2.30. The van der Waals surface area contributed by atoms with Gasteiger partial charge in [-0.15, -0.1) is 0 Å². The van der Waals surface area contributed by atoms with Gasteiger partial charge >= 0.3 is 0 Å². The fraction of sp³-hybridized carbons (Fsp3) is 1.00. The largest absolute Gasteiger partial charge is 0.385 e. The quantitative estimate of drug-likeness (QED) is 0.629. The second-order valence-electron chi connectivity index (χ2n) is 3.08. The van der Waals surface area contributed by atoms with Crippen molar-refractivity contribution in [3.05, 3.63) is 0 Å². The molecule has 1 nitrogen and oxygen atoms in total. The molecule has 0 saturated carbocycles. The molecule has 2 atom stereocenters. The molecular formula is C9H19BrO. The predicted molar refractivity (Wildman–Crippen MR) is 53.2 cm³/mol. The number of rotatable bonds is 6. The molecule has 0 heterocycles. The van der Waals surface area contributed by atoms with E-state index in [1.165, 1.54) is 12.8 Å². The molecule has 0 rings (SSSR count). The molecule has 11 heavy (non-hydrogen) atoms. The zero-order valence-electron chi connectivity index (χ0n) is 7.77. The summed E-state index contributed by atoms with van der Waals surface area (Å²) in [6.07, 6.45) is 2.44. The molecule has 68 valence electrons. The van der Waals surface area contributed by atoms with E-state index in [1.54, 1.807) is 7.11 Å². The van der Waals surface area contributed by atoms with Crippen molar-refractivity contribution in [3.63, 3.8) is 0 Å². The standard InChI is InChI=1S/C9H19BrO/c1-4-9(7-10)8(2)5-6-11-3/h8-9H,4-7H2,1-3H3. The van der Waals surface area contributed by atoms with Crippen LogP contribution in [0.2, 0.25) is 0 Å². The number of hydrogen-bond acceptors (Lipinski definition) is 1. The first-order valence-corrected chi connectivity index (χ1v) is 5.43. The summed E-state index contributed by atoms with van der Waals surface area (Å²) in [5, 5.41) is 1.12. The topological polar surface area (TPSA) is 9.23 Å². The van der Waals surface area contributed by atoms with Crippen LogP contribution >= 0.6 is 15.9 Å². The third-order valence-corrected chi connectivity index (χ3v) is 3.14. The normalized spacial score (nSPS) is 16.4. The Kier molecular flexibility index (Phi) is 7.39. The molecule has 0 bridgehead atoms. The van der Waals surface area contributed by atoms with Gasteiger partial charge < -0.3 is 4.74 Å².